The van der Waals surface area contributed by atoms with Gasteiger partial charge in [0.2, 0.25) is 5.95 Å². The van der Waals surface area contributed by atoms with Crippen LogP contribution in [0.15, 0.2) is 91.5 Å². The second kappa shape index (κ2) is 11.0. The van der Waals surface area contributed by atoms with Gasteiger partial charge in [-0.3, -0.25) is 4.98 Å². The van der Waals surface area contributed by atoms with Crippen LogP contribution in [0.5, 0.6) is 17.4 Å². The summed E-state index contributed by atoms with van der Waals surface area (Å²) >= 11 is 0. The number of pyridine rings is 1. The van der Waals surface area contributed by atoms with E-state index in [2.05, 4.69) is 15.3 Å². The van der Waals surface area contributed by atoms with Crippen LogP contribution in [0.2, 0.25) is 0 Å². The third kappa shape index (κ3) is 5.51. The molecule has 0 bridgehead atoms. The van der Waals surface area contributed by atoms with Gasteiger partial charge in [-0.1, -0.05) is 24.3 Å². The van der Waals surface area contributed by atoms with Gasteiger partial charge >= 0.3 is 0 Å². The lowest BCUT2D eigenvalue weighted by atomic mass is 10.1. The first kappa shape index (κ1) is 25.8. The molecule has 204 valence electrons. The lowest BCUT2D eigenvalue weighted by Gasteiger charge is -2.14. The highest BCUT2D eigenvalue weighted by Crippen LogP contribution is 2.32. The van der Waals surface area contributed by atoms with Crippen LogP contribution >= 0.6 is 0 Å². The van der Waals surface area contributed by atoms with Gasteiger partial charge in [0.05, 0.1) is 20.0 Å². The third-order valence-electron chi connectivity index (χ3n) is 6.82. The number of aryl methyl sites for hydroxylation is 2. The van der Waals surface area contributed by atoms with Gasteiger partial charge in [0.1, 0.15) is 11.5 Å². The molecule has 0 aliphatic carbocycles. The van der Waals surface area contributed by atoms with E-state index in [-0.39, 0.29) is 0 Å². The van der Waals surface area contributed by atoms with Crippen molar-refractivity contribution in [3.8, 4) is 28.5 Å². The largest absolute Gasteiger partial charge is 0.497 e. The molecule has 41 heavy (non-hydrogen) atoms. The first-order valence-electron chi connectivity index (χ1n) is 13.1. The van der Waals surface area contributed by atoms with Gasteiger partial charge in [-0.2, -0.15) is 9.97 Å². The molecule has 0 radical (unpaired) electrons. The van der Waals surface area contributed by atoms with E-state index in [9.17, 15) is 0 Å². The predicted octanol–water partition coefficient (Wildman–Crippen LogP) is 6.68. The number of nitrogen functional groups attached to an aromatic ring is 1. The number of nitrogens with one attached hydrogen (secondary N) is 1. The summed E-state index contributed by atoms with van der Waals surface area (Å²) in [5, 5.41) is 3.39. The van der Waals surface area contributed by atoms with E-state index in [0.29, 0.717) is 41.0 Å². The summed E-state index contributed by atoms with van der Waals surface area (Å²) in [6.07, 6.45) is 5.31. The number of methoxy groups -OCH3 is 1. The second-order valence-corrected chi connectivity index (χ2v) is 9.76. The summed E-state index contributed by atoms with van der Waals surface area (Å²) in [5.41, 5.74) is 14.1. The minimum absolute atomic E-state index is 0.355. The van der Waals surface area contributed by atoms with Crippen LogP contribution in [0, 0.1) is 13.8 Å². The number of fused-ring (bicyclic) bond motifs is 1. The zero-order valence-electron chi connectivity index (χ0n) is 23.0. The molecule has 0 saturated heterocycles. The van der Waals surface area contributed by atoms with Crippen LogP contribution in [-0.4, -0.2) is 31.6 Å². The molecule has 0 spiro atoms. The molecular weight excluding hydrogens is 514 g/mol. The Morgan fingerprint density at radius 3 is 2.17 bits per heavy atom. The fraction of sp³-hybridized carbons (Fsp3) is 0.125. The first-order valence-corrected chi connectivity index (χ1v) is 13.1. The molecule has 3 aromatic heterocycles. The maximum Gasteiger partial charge on any atom is 0.252 e. The van der Waals surface area contributed by atoms with E-state index in [1.54, 1.807) is 25.8 Å². The molecule has 0 aliphatic rings. The van der Waals surface area contributed by atoms with Crippen molar-refractivity contribution in [2.45, 2.75) is 20.4 Å². The quantitative estimate of drug-likeness (QED) is 0.204. The van der Waals surface area contributed by atoms with E-state index in [1.807, 2.05) is 91.2 Å². The molecule has 6 rings (SSSR count). The maximum absolute atomic E-state index is 6.32. The van der Waals surface area contributed by atoms with Crippen molar-refractivity contribution < 1.29 is 9.47 Å². The second-order valence-electron chi connectivity index (χ2n) is 9.76. The standard InChI is InChI=1S/C32H29N7O2/c1-20-16-25(33)17-21(2)28(20)36-32-37-30-29(35-19-39(30)18-22-4-8-26(40-3)9-5-22)31(38-32)41-27-10-6-23(7-11-27)24-12-14-34-15-13-24/h4-17,19H,18,33H2,1-3H3,(H,36,37,38). The molecule has 0 saturated carbocycles. The molecule has 3 heterocycles. The number of aromatic nitrogens is 5. The van der Waals surface area contributed by atoms with Gasteiger partial charge in [-0.25, -0.2) is 4.98 Å². The SMILES string of the molecule is COc1ccc(Cn2cnc3c(Oc4ccc(-c5ccncc5)cc4)nc(Nc4c(C)cc(N)cc4C)nc32)cc1. The Morgan fingerprint density at radius 2 is 1.49 bits per heavy atom. The fourth-order valence-electron chi connectivity index (χ4n) is 4.77. The Morgan fingerprint density at radius 1 is 0.829 bits per heavy atom. The van der Waals surface area contributed by atoms with Gasteiger partial charge in [0.15, 0.2) is 11.2 Å². The molecule has 0 atom stereocenters. The summed E-state index contributed by atoms with van der Waals surface area (Å²) in [7, 11) is 1.66. The topological polar surface area (TPSA) is 113 Å². The summed E-state index contributed by atoms with van der Waals surface area (Å²) < 4.78 is 13.6. The summed E-state index contributed by atoms with van der Waals surface area (Å²) in [6, 6.07) is 23.5. The highest BCUT2D eigenvalue weighted by atomic mass is 16.5. The number of imidazole rings is 1. The highest BCUT2D eigenvalue weighted by molar-refractivity contribution is 5.79. The van der Waals surface area contributed by atoms with E-state index >= 15 is 0 Å². The minimum atomic E-state index is 0.355. The molecule has 9 heteroatoms. The van der Waals surface area contributed by atoms with Crippen LogP contribution in [0.4, 0.5) is 17.3 Å². The van der Waals surface area contributed by atoms with Crippen LogP contribution in [0.3, 0.4) is 0 Å². The Hall–Kier alpha value is -5.44. The first-order chi connectivity index (χ1) is 20.0. The van der Waals surface area contributed by atoms with Crippen LogP contribution in [0.25, 0.3) is 22.3 Å². The van der Waals surface area contributed by atoms with Crippen molar-refractivity contribution in [2.24, 2.45) is 0 Å². The number of anilines is 3. The monoisotopic (exact) mass is 543 g/mol. The molecule has 3 aromatic carbocycles. The van der Waals surface area contributed by atoms with E-state index in [0.717, 1.165) is 39.3 Å². The van der Waals surface area contributed by atoms with E-state index in [4.69, 9.17) is 25.2 Å². The van der Waals surface area contributed by atoms with Crippen molar-refractivity contribution in [2.75, 3.05) is 18.2 Å². The Kier molecular flexibility index (Phi) is 6.91. The number of nitrogens with two attached hydrogens (primary N) is 1. The molecule has 0 amide bonds. The lowest BCUT2D eigenvalue weighted by molar-refractivity contribution is 0.414. The molecule has 3 N–H and O–H groups in total. The van der Waals surface area contributed by atoms with Gasteiger partial charge in [0, 0.05) is 23.8 Å². The van der Waals surface area contributed by atoms with Gasteiger partial charge in [0.25, 0.3) is 5.88 Å². The normalized spacial score (nSPS) is 11.0. The van der Waals surface area contributed by atoms with Crippen LogP contribution in [0.1, 0.15) is 16.7 Å². The smallest absolute Gasteiger partial charge is 0.252 e. The average Bonchev–Trinajstić information content (AvgIpc) is 3.39. The molecule has 0 fully saturated rings. The third-order valence-corrected chi connectivity index (χ3v) is 6.82. The maximum atomic E-state index is 6.32. The summed E-state index contributed by atoms with van der Waals surface area (Å²) in [4.78, 5) is 18.3. The Bertz CT molecular complexity index is 1790. The minimum Gasteiger partial charge on any atom is -0.497 e. The molecule has 6 aromatic rings. The summed E-state index contributed by atoms with van der Waals surface area (Å²) in [6.45, 7) is 4.57. The van der Waals surface area contributed by atoms with Gasteiger partial charge < -0.3 is 25.1 Å². The predicted molar refractivity (Wildman–Crippen MR) is 161 cm³/mol. The van der Waals surface area contributed by atoms with Crippen molar-refractivity contribution in [1.29, 1.82) is 0 Å². The molecule has 9 nitrogen and oxygen atoms in total. The van der Waals surface area contributed by atoms with E-state index in [1.165, 1.54) is 0 Å². The number of benzene rings is 3. The molecular formula is C32H29N7O2. The lowest BCUT2D eigenvalue weighted by Crippen LogP contribution is -2.05. The van der Waals surface area contributed by atoms with Gasteiger partial charge in [-0.05, 0) is 90.2 Å². The van der Waals surface area contributed by atoms with Crippen molar-refractivity contribution >= 4 is 28.5 Å². The summed E-state index contributed by atoms with van der Waals surface area (Å²) in [5.74, 6) is 2.19. The number of hydrogen-bond donors (Lipinski definition) is 2. The van der Waals surface area contributed by atoms with Crippen LogP contribution in [-0.2, 0) is 6.54 Å². The molecule has 0 unspecified atom stereocenters. The average molecular weight is 544 g/mol. The number of rotatable bonds is 8. The Labute approximate surface area is 237 Å². The number of nitrogens with zero attached hydrogens (tertiary/aromatic N) is 5. The van der Waals surface area contributed by atoms with Crippen molar-refractivity contribution in [3.05, 3.63) is 108 Å². The van der Waals surface area contributed by atoms with E-state index < -0.39 is 0 Å². The van der Waals surface area contributed by atoms with Crippen LogP contribution < -0.4 is 20.5 Å². The van der Waals surface area contributed by atoms with Crippen molar-refractivity contribution in [3.63, 3.8) is 0 Å². The number of hydrogen-bond acceptors (Lipinski definition) is 8. The van der Waals surface area contributed by atoms with Crippen molar-refractivity contribution in [1.82, 2.24) is 24.5 Å². The Balaban J connectivity index is 1.38. The fourth-order valence-corrected chi connectivity index (χ4v) is 4.77. The zero-order valence-corrected chi connectivity index (χ0v) is 23.0. The zero-order chi connectivity index (χ0) is 28.3. The van der Waals surface area contributed by atoms with Gasteiger partial charge in [-0.15, -0.1) is 0 Å². The highest BCUT2D eigenvalue weighted by Gasteiger charge is 2.17. The molecule has 0 aliphatic heterocycles. The number of ether oxygens (including phenoxy) is 2.